The van der Waals surface area contributed by atoms with Crippen LogP contribution in [0.1, 0.15) is 44.2 Å². The first kappa shape index (κ1) is 23.4. The minimum Gasteiger partial charge on any atom is -0.469 e. The second kappa shape index (κ2) is 8.56. The Morgan fingerprint density at radius 1 is 1.18 bits per heavy atom. The fourth-order valence-electron chi connectivity index (χ4n) is 5.27. The highest BCUT2D eigenvalue weighted by Gasteiger charge is 2.61. The molecular formula is C25H30BrN3O4. The Bertz CT molecular complexity index is 1080. The van der Waals surface area contributed by atoms with Gasteiger partial charge in [0.25, 0.3) is 0 Å². The van der Waals surface area contributed by atoms with Crippen LogP contribution in [0.25, 0.3) is 0 Å². The third-order valence-electron chi connectivity index (χ3n) is 6.44. The quantitative estimate of drug-likeness (QED) is 0.571. The molecular weight excluding hydrogens is 486 g/mol. The van der Waals surface area contributed by atoms with Gasteiger partial charge in [-0.1, -0.05) is 40.2 Å². The predicted octanol–water partition coefficient (Wildman–Crippen LogP) is 4.76. The van der Waals surface area contributed by atoms with E-state index in [0.29, 0.717) is 13.0 Å². The molecule has 0 radical (unpaired) electrons. The van der Waals surface area contributed by atoms with Crippen molar-refractivity contribution in [3.63, 3.8) is 0 Å². The number of carbonyl (C=O) groups excluding carboxylic acids is 2. The summed E-state index contributed by atoms with van der Waals surface area (Å²) in [6.45, 7) is 5.82. The number of esters is 1. The third kappa shape index (κ3) is 3.94. The second-order valence-corrected chi connectivity index (χ2v) is 10.4. The highest BCUT2D eigenvalue weighted by Crippen LogP contribution is 2.59. The molecule has 2 aliphatic rings. The van der Waals surface area contributed by atoms with Gasteiger partial charge in [0.1, 0.15) is 11.8 Å². The number of hydrogen-bond acceptors (Lipinski definition) is 6. The zero-order valence-corrected chi connectivity index (χ0v) is 21.2. The summed E-state index contributed by atoms with van der Waals surface area (Å²) in [5, 5.41) is 6.55. The normalized spacial score (nSPS) is 23.0. The van der Waals surface area contributed by atoms with Crippen molar-refractivity contribution in [1.29, 1.82) is 0 Å². The molecule has 176 valence electrons. The first-order chi connectivity index (χ1) is 15.6. The van der Waals surface area contributed by atoms with Crippen molar-refractivity contribution in [2.45, 2.75) is 50.3 Å². The molecule has 0 spiro atoms. The number of ether oxygens (including phenoxy) is 2. The Kier molecular flexibility index (Phi) is 6.07. The molecule has 0 saturated heterocycles. The number of carbonyl (C=O) groups is 2. The van der Waals surface area contributed by atoms with Gasteiger partial charge in [-0.05, 0) is 51.0 Å². The van der Waals surface area contributed by atoms with Gasteiger partial charge in [0, 0.05) is 35.0 Å². The van der Waals surface area contributed by atoms with E-state index in [1.165, 1.54) is 7.11 Å². The molecule has 8 heteroatoms. The highest BCUT2D eigenvalue weighted by atomic mass is 79.9. The van der Waals surface area contributed by atoms with Crippen LogP contribution in [0.2, 0.25) is 0 Å². The largest absolute Gasteiger partial charge is 0.469 e. The van der Waals surface area contributed by atoms with Crippen molar-refractivity contribution < 1.29 is 19.1 Å². The smallest absolute Gasteiger partial charge is 0.407 e. The Labute approximate surface area is 202 Å². The lowest BCUT2D eigenvalue weighted by Gasteiger charge is -2.48. The van der Waals surface area contributed by atoms with Gasteiger partial charge in [-0.3, -0.25) is 4.79 Å². The van der Waals surface area contributed by atoms with Crippen LogP contribution in [0.5, 0.6) is 0 Å². The Hall–Kier alpha value is -2.74. The number of anilines is 2. The van der Waals surface area contributed by atoms with E-state index in [-0.39, 0.29) is 12.1 Å². The molecule has 1 amide bonds. The number of amides is 1. The zero-order chi connectivity index (χ0) is 24.0. The second-order valence-electron chi connectivity index (χ2n) is 9.55. The van der Waals surface area contributed by atoms with Gasteiger partial charge in [-0.15, -0.1) is 0 Å². The van der Waals surface area contributed by atoms with Crippen LogP contribution in [0.3, 0.4) is 0 Å². The lowest BCUT2D eigenvalue weighted by Crippen LogP contribution is -2.57. The Morgan fingerprint density at radius 2 is 1.91 bits per heavy atom. The topological polar surface area (TPSA) is 79.9 Å². The SMILES string of the molecule is COC(=O)[C@H]1c2ccccc2N[C@@H]2N(C)c3cccc(Br)c3[C@@]21CCNC(=O)OC(C)(C)C. The summed E-state index contributed by atoms with van der Waals surface area (Å²) >= 11 is 3.75. The van der Waals surface area contributed by atoms with Gasteiger partial charge in [-0.25, -0.2) is 4.79 Å². The van der Waals surface area contributed by atoms with Crippen LogP contribution in [-0.2, 0) is 19.7 Å². The number of nitrogens with zero attached hydrogens (tertiary/aromatic N) is 1. The number of halogens is 1. The molecule has 0 saturated carbocycles. The molecule has 0 unspecified atom stereocenters. The predicted molar refractivity (Wildman–Crippen MR) is 132 cm³/mol. The highest BCUT2D eigenvalue weighted by molar-refractivity contribution is 9.10. The molecule has 0 fully saturated rings. The number of para-hydroxylation sites is 1. The van der Waals surface area contributed by atoms with Gasteiger partial charge in [0.05, 0.1) is 18.4 Å². The number of rotatable bonds is 4. The molecule has 4 rings (SSSR count). The van der Waals surface area contributed by atoms with Crippen molar-refractivity contribution in [1.82, 2.24) is 5.32 Å². The number of benzene rings is 2. The summed E-state index contributed by atoms with van der Waals surface area (Å²) in [4.78, 5) is 27.9. The average molecular weight is 516 g/mol. The van der Waals surface area contributed by atoms with Gasteiger partial charge in [0.2, 0.25) is 0 Å². The van der Waals surface area contributed by atoms with E-state index in [9.17, 15) is 9.59 Å². The summed E-state index contributed by atoms with van der Waals surface area (Å²) in [6.07, 6.45) is -0.198. The maximum absolute atomic E-state index is 13.4. The van der Waals surface area contributed by atoms with Gasteiger partial charge < -0.3 is 25.0 Å². The van der Waals surface area contributed by atoms with Crippen LogP contribution in [-0.4, -0.2) is 44.5 Å². The van der Waals surface area contributed by atoms with Crippen LogP contribution in [0.4, 0.5) is 16.2 Å². The first-order valence-corrected chi connectivity index (χ1v) is 11.8. The molecule has 3 atom stereocenters. The summed E-state index contributed by atoms with van der Waals surface area (Å²) < 4.78 is 11.7. The molecule has 2 heterocycles. The van der Waals surface area contributed by atoms with Crippen LogP contribution in [0, 0.1) is 0 Å². The molecule has 0 bridgehead atoms. The van der Waals surface area contributed by atoms with E-state index in [2.05, 4.69) is 37.5 Å². The van der Waals surface area contributed by atoms with E-state index in [4.69, 9.17) is 9.47 Å². The van der Waals surface area contributed by atoms with Crippen molar-refractivity contribution in [3.05, 3.63) is 58.1 Å². The van der Waals surface area contributed by atoms with Crippen molar-refractivity contribution in [2.24, 2.45) is 0 Å². The molecule has 2 aliphatic heterocycles. The molecule has 2 N–H and O–H groups in total. The molecule has 7 nitrogen and oxygen atoms in total. The molecule has 33 heavy (non-hydrogen) atoms. The van der Waals surface area contributed by atoms with E-state index >= 15 is 0 Å². The fraction of sp³-hybridized carbons (Fsp3) is 0.440. The minimum atomic E-state index is -0.694. The molecule has 0 aromatic heterocycles. The lowest BCUT2D eigenvalue weighted by molar-refractivity contribution is -0.144. The maximum Gasteiger partial charge on any atom is 0.407 e. The van der Waals surface area contributed by atoms with Crippen molar-refractivity contribution in [2.75, 3.05) is 30.9 Å². The molecule has 0 aliphatic carbocycles. The van der Waals surface area contributed by atoms with Gasteiger partial charge in [0.15, 0.2) is 0 Å². The monoisotopic (exact) mass is 515 g/mol. The molecule has 2 aromatic carbocycles. The van der Waals surface area contributed by atoms with E-state index < -0.39 is 23.0 Å². The van der Waals surface area contributed by atoms with Gasteiger partial charge in [-0.2, -0.15) is 0 Å². The number of nitrogens with one attached hydrogen (secondary N) is 2. The third-order valence-corrected chi connectivity index (χ3v) is 7.10. The Balaban J connectivity index is 1.82. The van der Waals surface area contributed by atoms with Crippen LogP contribution in [0.15, 0.2) is 46.9 Å². The summed E-state index contributed by atoms with van der Waals surface area (Å²) in [7, 11) is 3.45. The number of methoxy groups -OCH3 is 1. The number of alkyl carbamates (subject to hydrolysis) is 1. The lowest BCUT2D eigenvalue weighted by atomic mass is 9.62. The number of likely N-dealkylation sites (N-methyl/N-ethyl adjacent to an activating group) is 1. The van der Waals surface area contributed by atoms with E-state index in [0.717, 1.165) is 27.0 Å². The van der Waals surface area contributed by atoms with Gasteiger partial charge >= 0.3 is 12.1 Å². The fourth-order valence-corrected chi connectivity index (χ4v) is 5.99. The van der Waals surface area contributed by atoms with Crippen molar-refractivity contribution >= 4 is 39.4 Å². The number of fused-ring (bicyclic) bond motifs is 4. The summed E-state index contributed by atoms with van der Waals surface area (Å²) in [6, 6.07) is 13.9. The molecule has 2 aromatic rings. The van der Waals surface area contributed by atoms with Crippen LogP contribution >= 0.6 is 15.9 Å². The standard InChI is InChI=1S/C25H30BrN3O4/c1-24(2,3)33-23(31)27-14-13-25-19(21(30)32-5)15-9-6-7-11-17(15)28-22(25)29(4)18-12-8-10-16(26)20(18)25/h6-12,19,22,28H,13-14H2,1-5H3,(H,27,31)/t19-,22-,25+/m1/s1. The van der Waals surface area contributed by atoms with Crippen molar-refractivity contribution in [3.8, 4) is 0 Å². The maximum atomic E-state index is 13.4. The summed E-state index contributed by atoms with van der Waals surface area (Å²) in [5.74, 6) is -0.865. The van der Waals surface area contributed by atoms with E-state index in [1.807, 2.05) is 64.2 Å². The number of hydrogen-bond donors (Lipinski definition) is 2. The Morgan fingerprint density at radius 3 is 2.61 bits per heavy atom. The average Bonchev–Trinajstić information content (AvgIpc) is 2.99. The minimum absolute atomic E-state index is 0.217. The first-order valence-electron chi connectivity index (χ1n) is 11.0. The summed E-state index contributed by atoms with van der Waals surface area (Å²) in [5.41, 5.74) is 2.57. The van der Waals surface area contributed by atoms with Crippen LogP contribution < -0.4 is 15.5 Å². The zero-order valence-electron chi connectivity index (χ0n) is 19.6. The van der Waals surface area contributed by atoms with E-state index in [1.54, 1.807) is 0 Å².